The highest BCUT2D eigenvalue weighted by Crippen LogP contribution is 2.27. The molecular formula is C12H24N2O. The van der Waals surface area contributed by atoms with Gasteiger partial charge in [0.1, 0.15) is 0 Å². The summed E-state index contributed by atoms with van der Waals surface area (Å²) in [6, 6.07) is 0. The Morgan fingerprint density at radius 2 is 2.07 bits per heavy atom. The van der Waals surface area contributed by atoms with E-state index >= 15 is 0 Å². The van der Waals surface area contributed by atoms with Crippen LogP contribution < -0.4 is 5.32 Å². The molecule has 0 heterocycles. The molecule has 0 radical (unpaired) electrons. The Hall–Kier alpha value is -0.570. The highest BCUT2D eigenvalue weighted by Gasteiger charge is 2.16. The molecule has 3 heteroatoms. The third-order valence-electron chi connectivity index (χ3n) is 3.30. The van der Waals surface area contributed by atoms with E-state index in [-0.39, 0.29) is 5.91 Å². The van der Waals surface area contributed by atoms with Crippen LogP contribution in [0.1, 0.15) is 39.0 Å². The van der Waals surface area contributed by atoms with E-state index in [1.165, 1.54) is 32.1 Å². The second-order valence-corrected chi connectivity index (χ2v) is 4.53. The molecule has 0 saturated heterocycles. The zero-order chi connectivity index (χ0) is 11.1. The molecule has 0 bridgehead atoms. The van der Waals surface area contributed by atoms with Crippen molar-refractivity contribution >= 4 is 5.91 Å². The summed E-state index contributed by atoms with van der Waals surface area (Å²) in [6.07, 6.45) is 6.71. The number of amides is 1. The van der Waals surface area contributed by atoms with Crippen LogP contribution in [0.4, 0.5) is 0 Å². The number of hydrogen-bond donors (Lipinski definition) is 1. The minimum atomic E-state index is 0.217. The van der Waals surface area contributed by atoms with Crippen LogP contribution in [0.25, 0.3) is 0 Å². The summed E-state index contributed by atoms with van der Waals surface area (Å²) < 4.78 is 0. The number of nitrogens with one attached hydrogen (secondary N) is 1. The van der Waals surface area contributed by atoms with Gasteiger partial charge in [0.15, 0.2) is 0 Å². The van der Waals surface area contributed by atoms with E-state index in [1.807, 2.05) is 18.9 Å². The summed E-state index contributed by atoms with van der Waals surface area (Å²) >= 11 is 0. The molecule has 3 nitrogen and oxygen atoms in total. The maximum absolute atomic E-state index is 11.6. The predicted molar refractivity (Wildman–Crippen MR) is 62.8 cm³/mol. The van der Waals surface area contributed by atoms with Crippen LogP contribution in [0.15, 0.2) is 0 Å². The number of carbonyl (C=O) groups is 1. The molecule has 0 aromatic rings. The topological polar surface area (TPSA) is 32.3 Å². The normalized spacial score (nSPS) is 16.9. The minimum Gasteiger partial charge on any atom is -0.345 e. The largest absolute Gasteiger partial charge is 0.345 e. The lowest BCUT2D eigenvalue weighted by Gasteiger charge is -2.19. The number of carbonyl (C=O) groups excluding carboxylic acids is 1. The third-order valence-corrected chi connectivity index (χ3v) is 3.30. The van der Waals surface area contributed by atoms with Gasteiger partial charge in [-0.15, -0.1) is 0 Å². The molecule has 1 saturated carbocycles. The van der Waals surface area contributed by atoms with Gasteiger partial charge in [-0.2, -0.15) is 0 Å². The van der Waals surface area contributed by atoms with Gasteiger partial charge in [0.05, 0.1) is 6.54 Å². The first-order valence-corrected chi connectivity index (χ1v) is 6.18. The average molecular weight is 212 g/mol. The van der Waals surface area contributed by atoms with E-state index in [1.54, 1.807) is 0 Å². The van der Waals surface area contributed by atoms with Gasteiger partial charge in [0.25, 0.3) is 0 Å². The van der Waals surface area contributed by atoms with E-state index < -0.39 is 0 Å². The smallest absolute Gasteiger partial charge is 0.236 e. The molecule has 0 aromatic carbocycles. The minimum absolute atomic E-state index is 0.217. The molecule has 0 unspecified atom stereocenters. The Kier molecular flexibility index (Phi) is 5.69. The molecule has 1 aliphatic rings. The molecule has 0 atom stereocenters. The van der Waals surface area contributed by atoms with Crippen molar-refractivity contribution in [3.05, 3.63) is 0 Å². The Labute approximate surface area is 93.2 Å². The number of nitrogens with zero attached hydrogens (tertiary/aromatic N) is 1. The van der Waals surface area contributed by atoms with Gasteiger partial charge in [-0.05, 0) is 18.9 Å². The van der Waals surface area contributed by atoms with Crippen LogP contribution in [0.5, 0.6) is 0 Å². The zero-order valence-corrected chi connectivity index (χ0v) is 10.1. The molecule has 1 aliphatic carbocycles. The summed E-state index contributed by atoms with van der Waals surface area (Å²) in [4.78, 5) is 13.4. The van der Waals surface area contributed by atoms with Crippen molar-refractivity contribution in [1.82, 2.24) is 10.2 Å². The Balaban J connectivity index is 2.10. The van der Waals surface area contributed by atoms with Crippen LogP contribution in [0.2, 0.25) is 0 Å². The lowest BCUT2D eigenvalue weighted by molar-refractivity contribution is -0.129. The molecule has 15 heavy (non-hydrogen) atoms. The Morgan fingerprint density at radius 3 is 2.67 bits per heavy atom. The first kappa shape index (κ1) is 12.5. The van der Waals surface area contributed by atoms with Gasteiger partial charge >= 0.3 is 0 Å². The van der Waals surface area contributed by atoms with E-state index in [4.69, 9.17) is 0 Å². The second kappa shape index (κ2) is 6.83. The summed E-state index contributed by atoms with van der Waals surface area (Å²) in [5.74, 6) is 1.09. The monoisotopic (exact) mass is 212 g/mol. The van der Waals surface area contributed by atoms with Crippen molar-refractivity contribution in [2.24, 2.45) is 5.92 Å². The number of rotatable bonds is 6. The fraction of sp³-hybridized carbons (Fsp3) is 0.917. The first-order chi connectivity index (χ1) is 7.24. The van der Waals surface area contributed by atoms with E-state index in [2.05, 4.69) is 5.32 Å². The van der Waals surface area contributed by atoms with Crippen molar-refractivity contribution in [1.29, 1.82) is 0 Å². The second-order valence-electron chi connectivity index (χ2n) is 4.53. The first-order valence-electron chi connectivity index (χ1n) is 6.18. The SMILES string of the molecule is CCNCC(=O)N(C)CCC1CCCC1. The Bertz CT molecular complexity index is 188. The van der Waals surface area contributed by atoms with Crippen LogP contribution in [0, 0.1) is 5.92 Å². The molecule has 1 N–H and O–H groups in total. The predicted octanol–water partition coefficient (Wildman–Crippen LogP) is 1.63. The third kappa shape index (κ3) is 4.65. The highest BCUT2D eigenvalue weighted by molar-refractivity contribution is 5.77. The van der Waals surface area contributed by atoms with Crippen LogP contribution in [0.3, 0.4) is 0 Å². The molecule has 1 rings (SSSR count). The fourth-order valence-corrected chi connectivity index (χ4v) is 2.17. The molecule has 88 valence electrons. The zero-order valence-electron chi connectivity index (χ0n) is 10.1. The summed E-state index contributed by atoms with van der Waals surface area (Å²) in [7, 11) is 1.91. The van der Waals surface area contributed by atoms with Crippen molar-refractivity contribution in [2.45, 2.75) is 39.0 Å². The van der Waals surface area contributed by atoms with Crippen LogP contribution in [-0.2, 0) is 4.79 Å². The fourth-order valence-electron chi connectivity index (χ4n) is 2.17. The Morgan fingerprint density at radius 1 is 1.40 bits per heavy atom. The average Bonchev–Trinajstić information content (AvgIpc) is 2.75. The molecule has 1 amide bonds. The molecule has 0 aromatic heterocycles. The maximum atomic E-state index is 11.6. The van der Waals surface area contributed by atoms with Crippen molar-refractivity contribution < 1.29 is 4.79 Å². The molecule has 1 fully saturated rings. The molecule has 0 aliphatic heterocycles. The van der Waals surface area contributed by atoms with Gasteiger partial charge in [-0.3, -0.25) is 4.79 Å². The lowest BCUT2D eigenvalue weighted by Crippen LogP contribution is -2.36. The molecule has 0 spiro atoms. The maximum Gasteiger partial charge on any atom is 0.236 e. The summed E-state index contributed by atoms with van der Waals surface area (Å²) in [5, 5.41) is 3.07. The molecular weight excluding hydrogens is 188 g/mol. The van der Waals surface area contributed by atoms with Crippen LogP contribution in [-0.4, -0.2) is 37.5 Å². The van der Waals surface area contributed by atoms with E-state index in [0.717, 1.165) is 19.0 Å². The van der Waals surface area contributed by atoms with E-state index in [0.29, 0.717) is 6.54 Å². The van der Waals surface area contributed by atoms with Crippen molar-refractivity contribution in [3.8, 4) is 0 Å². The van der Waals surface area contributed by atoms with Gasteiger partial charge in [0.2, 0.25) is 5.91 Å². The summed E-state index contributed by atoms with van der Waals surface area (Å²) in [6.45, 7) is 4.29. The van der Waals surface area contributed by atoms with Crippen molar-refractivity contribution in [3.63, 3.8) is 0 Å². The number of likely N-dealkylation sites (N-methyl/N-ethyl adjacent to an activating group) is 2. The standard InChI is InChI=1S/C12H24N2O/c1-3-13-10-12(15)14(2)9-8-11-6-4-5-7-11/h11,13H,3-10H2,1-2H3. The van der Waals surface area contributed by atoms with Crippen molar-refractivity contribution in [2.75, 3.05) is 26.7 Å². The quantitative estimate of drug-likeness (QED) is 0.726. The summed E-state index contributed by atoms with van der Waals surface area (Å²) in [5.41, 5.74) is 0. The van der Waals surface area contributed by atoms with Crippen LogP contribution >= 0.6 is 0 Å². The lowest BCUT2D eigenvalue weighted by atomic mass is 10.0. The van der Waals surface area contributed by atoms with E-state index in [9.17, 15) is 4.79 Å². The van der Waals surface area contributed by atoms with Gasteiger partial charge < -0.3 is 10.2 Å². The highest BCUT2D eigenvalue weighted by atomic mass is 16.2. The van der Waals surface area contributed by atoms with Gasteiger partial charge in [0, 0.05) is 13.6 Å². The van der Waals surface area contributed by atoms with Gasteiger partial charge in [-0.25, -0.2) is 0 Å². The number of hydrogen-bond acceptors (Lipinski definition) is 2. The van der Waals surface area contributed by atoms with Gasteiger partial charge in [-0.1, -0.05) is 32.6 Å².